The third-order valence-electron chi connectivity index (χ3n) is 3.25. The van der Waals surface area contributed by atoms with Crippen LogP contribution in [0, 0.1) is 11.3 Å². The summed E-state index contributed by atoms with van der Waals surface area (Å²) in [7, 11) is 0. The molecule has 0 aliphatic heterocycles. The van der Waals surface area contributed by atoms with Gasteiger partial charge in [-0.1, -0.05) is 48.5 Å². The van der Waals surface area contributed by atoms with Gasteiger partial charge in [-0.2, -0.15) is 5.26 Å². The Bertz CT molecular complexity index is 903. The van der Waals surface area contributed by atoms with Gasteiger partial charge in [-0.3, -0.25) is 4.79 Å². The van der Waals surface area contributed by atoms with Crippen LogP contribution >= 0.6 is 0 Å². The summed E-state index contributed by atoms with van der Waals surface area (Å²) in [6.07, 6.45) is 1.41. The number of hydrogen-bond donors (Lipinski definition) is 0. The fraction of sp³-hybridized carbons (Fsp3) is 0. The van der Waals surface area contributed by atoms with Gasteiger partial charge < -0.3 is 9.15 Å². The van der Waals surface area contributed by atoms with Gasteiger partial charge in [0.1, 0.15) is 23.2 Å². The lowest BCUT2D eigenvalue weighted by Crippen LogP contribution is -2.01. The van der Waals surface area contributed by atoms with Crippen molar-refractivity contribution in [2.45, 2.75) is 0 Å². The topological polar surface area (TPSA) is 63.2 Å². The monoisotopic (exact) mass is 315 g/mol. The summed E-state index contributed by atoms with van der Waals surface area (Å²) < 4.78 is 11.1. The van der Waals surface area contributed by atoms with Crippen molar-refractivity contribution in [2.24, 2.45) is 0 Å². The number of allylic oxidation sites excluding steroid dienone is 1. The average Bonchev–Trinajstić information content (AvgIpc) is 3.07. The molecule has 0 amide bonds. The lowest BCUT2D eigenvalue weighted by Gasteiger charge is -2.00. The minimum absolute atomic E-state index is 0.00168. The Morgan fingerprint density at radius 1 is 0.958 bits per heavy atom. The molecule has 1 aromatic heterocycles. The van der Waals surface area contributed by atoms with E-state index in [1.807, 2.05) is 30.3 Å². The molecule has 0 radical (unpaired) electrons. The lowest BCUT2D eigenvalue weighted by atomic mass is 10.0. The molecule has 4 heteroatoms. The molecule has 24 heavy (non-hydrogen) atoms. The highest BCUT2D eigenvalue weighted by atomic mass is 16.6. The summed E-state index contributed by atoms with van der Waals surface area (Å²) in [6, 6.07) is 23.0. The maximum atomic E-state index is 12.3. The third-order valence-corrected chi connectivity index (χ3v) is 3.25. The quantitative estimate of drug-likeness (QED) is 0.383. The second kappa shape index (κ2) is 7.12. The molecule has 0 N–H and O–H groups in total. The van der Waals surface area contributed by atoms with Gasteiger partial charge in [0.15, 0.2) is 0 Å². The second-order valence-corrected chi connectivity index (χ2v) is 4.94. The molecular formula is C20H13NO3. The van der Waals surface area contributed by atoms with Gasteiger partial charge in [-0.15, -0.1) is 0 Å². The summed E-state index contributed by atoms with van der Waals surface area (Å²) in [5.41, 5.74) is 0.458. The predicted molar refractivity (Wildman–Crippen MR) is 89.6 cm³/mol. The number of Topliss-reactive ketones (excluding diaryl/α,β-unsaturated/α-hetero) is 1. The van der Waals surface area contributed by atoms with Crippen LogP contribution in [0.1, 0.15) is 16.1 Å². The minimum Gasteiger partial charge on any atom is -0.426 e. The van der Waals surface area contributed by atoms with Crippen molar-refractivity contribution in [3.8, 4) is 17.8 Å². The zero-order chi connectivity index (χ0) is 16.8. The lowest BCUT2D eigenvalue weighted by molar-refractivity contribution is 0.104. The first kappa shape index (κ1) is 15.3. The van der Waals surface area contributed by atoms with Crippen LogP contribution in [-0.4, -0.2) is 5.78 Å². The fourth-order valence-electron chi connectivity index (χ4n) is 2.11. The molecule has 0 saturated carbocycles. The van der Waals surface area contributed by atoms with Crippen LogP contribution in [0.2, 0.25) is 0 Å². The van der Waals surface area contributed by atoms with Gasteiger partial charge in [-0.05, 0) is 18.2 Å². The summed E-state index contributed by atoms with van der Waals surface area (Å²) >= 11 is 0. The van der Waals surface area contributed by atoms with Crippen LogP contribution < -0.4 is 4.74 Å². The average molecular weight is 315 g/mol. The second-order valence-electron chi connectivity index (χ2n) is 4.94. The van der Waals surface area contributed by atoms with E-state index in [2.05, 4.69) is 0 Å². The van der Waals surface area contributed by atoms with E-state index in [0.717, 1.165) is 0 Å². The third kappa shape index (κ3) is 3.60. The summed E-state index contributed by atoms with van der Waals surface area (Å²) in [5.74, 6) is 0.960. The van der Waals surface area contributed by atoms with Crippen molar-refractivity contribution in [3.63, 3.8) is 0 Å². The van der Waals surface area contributed by atoms with E-state index in [1.54, 1.807) is 48.5 Å². The Balaban J connectivity index is 1.80. The molecule has 3 rings (SSSR count). The maximum absolute atomic E-state index is 12.3. The van der Waals surface area contributed by atoms with Crippen LogP contribution in [0.4, 0.5) is 0 Å². The number of furan rings is 1. The highest BCUT2D eigenvalue weighted by Crippen LogP contribution is 2.25. The van der Waals surface area contributed by atoms with Crippen molar-refractivity contribution in [1.29, 1.82) is 5.26 Å². The van der Waals surface area contributed by atoms with E-state index in [0.29, 0.717) is 17.1 Å². The van der Waals surface area contributed by atoms with Crippen LogP contribution in [0.25, 0.3) is 6.08 Å². The molecular weight excluding hydrogens is 302 g/mol. The number of nitriles is 1. The number of hydrogen-bond acceptors (Lipinski definition) is 4. The van der Waals surface area contributed by atoms with E-state index < -0.39 is 0 Å². The molecule has 3 aromatic rings. The van der Waals surface area contributed by atoms with Crippen molar-refractivity contribution < 1.29 is 13.9 Å². The Morgan fingerprint density at radius 2 is 1.62 bits per heavy atom. The predicted octanol–water partition coefficient (Wildman–Crippen LogP) is 4.86. The number of carbonyl (C=O) groups excluding carboxylic acids is 1. The summed E-state index contributed by atoms with van der Waals surface area (Å²) in [6.45, 7) is 0. The molecule has 1 heterocycles. The molecule has 0 aliphatic carbocycles. The van der Waals surface area contributed by atoms with Gasteiger partial charge in [0.05, 0.1) is 0 Å². The van der Waals surface area contributed by atoms with Gasteiger partial charge in [0.2, 0.25) is 5.78 Å². The van der Waals surface area contributed by atoms with Crippen molar-refractivity contribution >= 4 is 11.9 Å². The van der Waals surface area contributed by atoms with Crippen LogP contribution in [-0.2, 0) is 0 Å². The normalized spacial score (nSPS) is 10.9. The molecule has 0 spiro atoms. The molecule has 0 fully saturated rings. The van der Waals surface area contributed by atoms with Crippen molar-refractivity contribution in [2.75, 3.05) is 0 Å². The Labute approximate surface area is 139 Å². The van der Waals surface area contributed by atoms with Gasteiger partial charge in [-0.25, -0.2) is 0 Å². The number of ether oxygens (including phenoxy) is 1. The molecule has 0 saturated heterocycles. The number of rotatable bonds is 5. The first-order valence-corrected chi connectivity index (χ1v) is 7.30. The largest absolute Gasteiger partial charge is 0.426 e. The number of ketones is 1. The Morgan fingerprint density at radius 3 is 2.29 bits per heavy atom. The number of benzene rings is 2. The Hall–Kier alpha value is -3.58. The van der Waals surface area contributed by atoms with Gasteiger partial charge in [0, 0.05) is 17.7 Å². The first-order chi connectivity index (χ1) is 11.8. The van der Waals surface area contributed by atoms with Crippen LogP contribution in [0.3, 0.4) is 0 Å². The van der Waals surface area contributed by atoms with Crippen LogP contribution in [0.5, 0.6) is 11.7 Å². The summed E-state index contributed by atoms with van der Waals surface area (Å²) in [4.78, 5) is 12.3. The van der Waals surface area contributed by atoms with E-state index in [4.69, 9.17) is 9.15 Å². The van der Waals surface area contributed by atoms with Crippen LogP contribution in [0.15, 0.2) is 82.8 Å². The first-order valence-electron chi connectivity index (χ1n) is 7.30. The Kier molecular flexibility index (Phi) is 4.55. The maximum Gasteiger partial charge on any atom is 0.290 e. The summed E-state index contributed by atoms with van der Waals surface area (Å²) in [5, 5.41) is 9.25. The molecule has 2 aromatic carbocycles. The fourth-order valence-corrected chi connectivity index (χ4v) is 2.11. The van der Waals surface area contributed by atoms with Gasteiger partial charge in [0.25, 0.3) is 5.95 Å². The zero-order valence-electron chi connectivity index (χ0n) is 12.7. The van der Waals surface area contributed by atoms with Gasteiger partial charge >= 0.3 is 0 Å². The number of nitrogens with zero attached hydrogens (tertiary/aromatic N) is 1. The van der Waals surface area contributed by atoms with E-state index in [-0.39, 0.29) is 17.3 Å². The highest BCUT2D eigenvalue weighted by Gasteiger charge is 2.13. The molecule has 4 nitrogen and oxygen atoms in total. The van der Waals surface area contributed by atoms with Crippen molar-refractivity contribution in [3.05, 3.63) is 89.7 Å². The zero-order valence-corrected chi connectivity index (χ0v) is 12.7. The van der Waals surface area contributed by atoms with E-state index in [9.17, 15) is 10.1 Å². The SMILES string of the molecule is N#CC(=Cc1ccc(Oc2ccccc2)o1)C(=O)c1ccccc1. The number of carbonyl (C=O) groups is 1. The van der Waals surface area contributed by atoms with E-state index >= 15 is 0 Å². The molecule has 0 atom stereocenters. The molecule has 0 aliphatic rings. The standard InChI is InChI=1S/C20H13NO3/c21-14-16(20(22)15-7-3-1-4-8-15)13-18-11-12-19(24-18)23-17-9-5-2-6-10-17/h1-13H. The molecule has 0 bridgehead atoms. The minimum atomic E-state index is -0.347. The van der Waals surface area contributed by atoms with E-state index in [1.165, 1.54) is 6.08 Å². The molecule has 116 valence electrons. The van der Waals surface area contributed by atoms with Crippen molar-refractivity contribution in [1.82, 2.24) is 0 Å². The highest BCUT2D eigenvalue weighted by molar-refractivity contribution is 6.13. The number of para-hydroxylation sites is 1. The molecule has 0 unspecified atom stereocenters. The smallest absolute Gasteiger partial charge is 0.290 e.